The van der Waals surface area contributed by atoms with E-state index in [1.165, 1.54) is 0 Å². The fourth-order valence-electron chi connectivity index (χ4n) is 1.98. The Balaban J connectivity index is 2.08. The number of hydrogen-bond donors (Lipinski definition) is 2. The molecule has 0 radical (unpaired) electrons. The number of nitrogens with two attached hydrogens (primary N) is 1. The van der Waals surface area contributed by atoms with Crippen LogP contribution in [0.3, 0.4) is 0 Å². The van der Waals surface area contributed by atoms with Crippen molar-refractivity contribution in [2.45, 2.75) is 18.9 Å². The Morgan fingerprint density at radius 2 is 2.26 bits per heavy atom. The van der Waals surface area contributed by atoms with Gasteiger partial charge in [-0.05, 0) is 36.2 Å². The molecule has 0 saturated carbocycles. The summed E-state index contributed by atoms with van der Waals surface area (Å²) in [5, 5.41) is 0.591. The predicted molar refractivity (Wildman–Crippen MR) is 75.1 cm³/mol. The summed E-state index contributed by atoms with van der Waals surface area (Å²) in [6, 6.07) is 9.51. The zero-order valence-electron chi connectivity index (χ0n) is 10.7. The van der Waals surface area contributed by atoms with Gasteiger partial charge in [0.2, 0.25) is 0 Å². The van der Waals surface area contributed by atoms with E-state index in [-0.39, 0.29) is 6.04 Å². The average Bonchev–Trinajstić information content (AvgIpc) is 2.94. The van der Waals surface area contributed by atoms with Crippen LogP contribution >= 0.6 is 11.6 Å². The monoisotopic (exact) mass is 280 g/mol. The van der Waals surface area contributed by atoms with E-state index in [2.05, 4.69) is 5.43 Å². The molecule has 19 heavy (non-hydrogen) atoms. The van der Waals surface area contributed by atoms with Crippen LogP contribution in [0.4, 0.5) is 0 Å². The number of nitrogens with one attached hydrogen (secondary N) is 1. The Morgan fingerprint density at radius 3 is 2.89 bits per heavy atom. The normalized spacial score (nSPS) is 12.4. The molecule has 2 rings (SSSR count). The van der Waals surface area contributed by atoms with Crippen LogP contribution in [0.15, 0.2) is 41.0 Å². The highest BCUT2D eigenvalue weighted by atomic mass is 35.5. The van der Waals surface area contributed by atoms with E-state index in [9.17, 15) is 0 Å². The Hall–Kier alpha value is -1.49. The van der Waals surface area contributed by atoms with Crippen molar-refractivity contribution in [2.24, 2.45) is 5.84 Å². The molecule has 1 aromatic heterocycles. The molecule has 1 aromatic carbocycles. The van der Waals surface area contributed by atoms with Gasteiger partial charge in [-0.1, -0.05) is 17.7 Å². The topological polar surface area (TPSA) is 60.4 Å². The van der Waals surface area contributed by atoms with Crippen molar-refractivity contribution in [2.75, 3.05) is 7.11 Å². The van der Waals surface area contributed by atoms with Crippen LogP contribution in [0.2, 0.25) is 5.02 Å². The molecule has 102 valence electrons. The number of hydrazine groups is 1. The van der Waals surface area contributed by atoms with E-state index in [0.29, 0.717) is 10.8 Å². The summed E-state index contributed by atoms with van der Waals surface area (Å²) in [6.45, 7) is 0. The van der Waals surface area contributed by atoms with Crippen molar-refractivity contribution < 1.29 is 9.15 Å². The summed E-state index contributed by atoms with van der Waals surface area (Å²) < 4.78 is 10.5. The number of furan rings is 1. The van der Waals surface area contributed by atoms with Gasteiger partial charge in [0.25, 0.3) is 0 Å². The smallest absolute Gasteiger partial charge is 0.137 e. The molecule has 0 aliphatic rings. The second-order valence-corrected chi connectivity index (χ2v) is 4.64. The first kappa shape index (κ1) is 13.9. The molecular weight excluding hydrogens is 264 g/mol. The first-order valence-corrected chi connectivity index (χ1v) is 6.44. The maximum atomic E-state index is 6.01. The van der Waals surface area contributed by atoms with Crippen LogP contribution in [-0.4, -0.2) is 7.11 Å². The van der Waals surface area contributed by atoms with Gasteiger partial charge in [0.05, 0.1) is 18.4 Å². The van der Waals surface area contributed by atoms with Crippen molar-refractivity contribution in [3.8, 4) is 5.75 Å². The van der Waals surface area contributed by atoms with Gasteiger partial charge in [0.15, 0.2) is 0 Å². The molecule has 1 heterocycles. The van der Waals surface area contributed by atoms with Gasteiger partial charge in [-0.25, -0.2) is 0 Å². The van der Waals surface area contributed by atoms with Crippen molar-refractivity contribution in [3.63, 3.8) is 0 Å². The standard InChI is InChI=1S/C14H17ClN2O2/c1-18-14-9-10(4-6-12(14)15)13(17-16)7-5-11-3-2-8-19-11/h2-4,6,8-9,13,17H,5,7,16H2,1H3. The predicted octanol–water partition coefficient (Wildman–Crippen LogP) is 3.08. The van der Waals surface area contributed by atoms with Crippen LogP contribution < -0.4 is 16.0 Å². The van der Waals surface area contributed by atoms with Crippen molar-refractivity contribution in [1.82, 2.24) is 5.43 Å². The molecule has 0 aliphatic carbocycles. The minimum Gasteiger partial charge on any atom is -0.495 e. The summed E-state index contributed by atoms with van der Waals surface area (Å²) in [5.41, 5.74) is 3.85. The van der Waals surface area contributed by atoms with Crippen LogP contribution in [-0.2, 0) is 6.42 Å². The largest absolute Gasteiger partial charge is 0.495 e. The highest BCUT2D eigenvalue weighted by molar-refractivity contribution is 6.32. The highest BCUT2D eigenvalue weighted by Crippen LogP contribution is 2.29. The maximum Gasteiger partial charge on any atom is 0.137 e. The summed E-state index contributed by atoms with van der Waals surface area (Å²) >= 11 is 6.01. The lowest BCUT2D eigenvalue weighted by Crippen LogP contribution is -2.28. The third-order valence-electron chi connectivity index (χ3n) is 3.04. The summed E-state index contributed by atoms with van der Waals surface area (Å²) in [6.07, 6.45) is 3.31. The van der Waals surface area contributed by atoms with Crippen LogP contribution in [0, 0.1) is 0 Å². The van der Waals surface area contributed by atoms with E-state index < -0.39 is 0 Å². The molecular formula is C14H17ClN2O2. The molecule has 0 aliphatic heterocycles. The van der Waals surface area contributed by atoms with Gasteiger partial charge in [0, 0.05) is 12.5 Å². The molecule has 4 nitrogen and oxygen atoms in total. The Morgan fingerprint density at radius 1 is 1.42 bits per heavy atom. The van der Waals surface area contributed by atoms with E-state index >= 15 is 0 Å². The zero-order chi connectivity index (χ0) is 13.7. The molecule has 0 amide bonds. The van der Waals surface area contributed by atoms with Gasteiger partial charge < -0.3 is 9.15 Å². The van der Waals surface area contributed by atoms with E-state index in [1.807, 2.05) is 30.3 Å². The Labute approximate surface area is 117 Å². The third kappa shape index (κ3) is 3.50. The van der Waals surface area contributed by atoms with Crippen molar-refractivity contribution in [3.05, 3.63) is 52.9 Å². The van der Waals surface area contributed by atoms with Crippen molar-refractivity contribution >= 4 is 11.6 Å². The van der Waals surface area contributed by atoms with Gasteiger partial charge >= 0.3 is 0 Å². The summed E-state index contributed by atoms with van der Waals surface area (Å²) in [4.78, 5) is 0. The van der Waals surface area contributed by atoms with Gasteiger partial charge in [0.1, 0.15) is 11.5 Å². The highest BCUT2D eigenvalue weighted by Gasteiger charge is 2.13. The molecule has 0 saturated heterocycles. The van der Waals surface area contributed by atoms with Crippen LogP contribution in [0.25, 0.3) is 0 Å². The number of aryl methyl sites for hydroxylation is 1. The van der Waals surface area contributed by atoms with Crippen molar-refractivity contribution in [1.29, 1.82) is 0 Å². The Kier molecular flexibility index (Phi) is 4.85. The summed E-state index contributed by atoms with van der Waals surface area (Å²) in [5.74, 6) is 7.22. The maximum absolute atomic E-state index is 6.01. The molecule has 1 atom stereocenters. The first-order valence-electron chi connectivity index (χ1n) is 6.06. The quantitative estimate of drug-likeness (QED) is 0.631. The Bertz CT molecular complexity index is 514. The molecule has 0 bridgehead atoms. The SMILES string of the molecule is COc1cc(C(CCc2ccco2)NN)ccc1Cl. The zero-order valence-corrected chi connectivity index (χ0v) is 11.5. The first-order chi connectivity index (χ1) is 9.24. The molecule has 5 heteroatoms. The lowest BCUT2D eigenvalue weighted by Gasteiger charge is -2.17. The molecule has 3 N–H and O–H groups in total. The fraction of sp³-hybridized carbons (Fsp3) is 0.286. The molecule has 2 aromatic rings. The minimum atomic E-state index is 0.0243. The van der Waals surface area contributed by atoms with Crippen LogP contribution in [0.5, 0.6) is 5.75 Å². The van der Waals surface area contributed by atoms with Gasteiger partial charge in [-0.15, -0.1) is 0 Å². The fourth-order valence-corrected chi connectivity index (χ4v) is 2.18. The third-order valence-corrected chi connectivity index (χ3v) is 3.35. The van der Waals surface area contributed by atoms with Gasteiger partial charge in [-0.3, -0.25) is 11.3 Å². The average molecular weight is 281 g/mol. The number of ether oxygens (including phenoxy) is 1. The number of hydrogen-bond acceptors (Lipinski definition) is 4. The molecule has 1 unspecified atom stereocenters. The number of methoxy groups -OCH3 is 1. The minimum absolute atomic E-state index is 0.0243. The van der Waals surface area contributed by atoms with Crippen LogP contribution in [0.1, 0.15) is 23.8 Å². The lowest BCUT2D eigenvalue weighted by atomic mass is 10.0. The van der Waals surface area contributed by atoms with E-state index in [1.54, 1.807) is 13.4 Å². The lowest BCUT2D eigenvalue weighted by molar-refractivity contribution is 0.412. The number of rotatable bonds is 6. The number of benzene rings is 1. The molecule has 0 spiro atoms. The van der Waals surface area contributed by atoms with E-state index in [4.69, 9.17) is 26.6 Å². The van der Waals surface area contributed by atoms with E-state index in [0.717, 1.165) is 24.2 Å². The molecule has 0 fully saturated rings. The van der Waals surface area contributed by atoms with Gasteiger partial charge in [-0.2, -0.15) is 0 Å². The second kappa shape index (κ2) is 6.61. The number of halogens is 1. The second-order valence-electron chi connectivity index (χ2n) is 4.23. The summed E-state index contributed by atoms with van der Waals surface area (Å²) in [7, 11) is 1.60.